The number of fused-ring (bicyclic) bond motifs is 2. The smallest absolute Gasteiger partial charge is 0.335 e. The first-order valence-corrected chi connectivity index (χ1v) is 11.0. The summed E-state index contributed by atoms with van der Waals surface area (Å²) in [6.07, 6.45) is -5.15. The molecule has 11 atom stereocenters. The van der Waals surface area contributed by atoms with Gasteiger partial charge in [0, 0.05) is 18.3 Å². The first-order valence-electron chi connectivity index (χ1n) is 11.0. The van der Waals surface area contributed by atoms with Gasteiger partial charge in [0.05, 0.1) is 5.92 Å². The Labute approximate surface area is 190 Å². The van der Waals surface area contributed by atoms with Gasteiger partial charge in [-0.25, -0.2) is 14.6 Å². The summed E-state index contributed by atoms with van der Waals surface area (Å²) in [6.45, 7) is 6.06. The van der Waals surface area contributed by atoms with Crippen LogP contribution in [0.4, 0.5) is 0 Å². The van der Waals surface area contributed by atoms with Gasteiger partial charge in [0.2, 0.25) is 12.1 Å². The van der Waals surface area contributed by atoms with Crippen LogP contribution in [-0.4, -0.2) is 85.9 Å². The number of carbonyl (C=O) groups is 3. The minimum absolute atomic E-state index is 0.0809. The third kappa shape index (κ3) is 4.53. The zero-order chi connectivity index (χ0) is 24.7. The average Bonchev–Trinajstić information content (AvgIpc) is 3.01. The van der Waals surface area contributed by atoms with E-state index < -0.39 is 48.1 Å². The Morgan fingerprint density at radius 3 is 2.33 bits per heavy atom. The molecule has 1 aliphatic carbocycles. The fourth-order valence-electron chi connectivity index (χ4n) is 5.38. The third-order valence-electron chi connectivity index (χ3n) is 7.39. The summed E-state index contributed by atoms with van der Waals surface area (Å²) >= 11 is 0. The lowest BCUT2D eigenvalue weighted by Crippen LogP contribution is -2.69. The van der Waals surface area contributed by atoms with Crippen LogP contribution in [0.5, 0.6) is 0 Å². The van der Waals surface area contributed by atoms with E-state index in [0.29, 0.717) is 11.8 Å². The number of carboxylic acids is 1. The van der Waals surface area contributed by atoms with Crippen molar-refractivity contribution >= 4 is 18.2 Å². The summed E-state index contributed by atoms with van der Waals surface area (Å²) in [4.78, 5) is 43.6. The number of esters is 1. The van der Waals surface area contributed by atoms with Crippen LogP contribution in [-0.2, 0) is 33.6 Å². The second-order valence-corrected chi connectivity index (χ2v) is 9.53. The molecule has 4 saturated heterocycles. The molecule has 1 spiro atoms. The van der Waals surface area contributed by atoms with Crippen molar-refractivity contribution in [3.63, 3.8) is 0 Å². The van der Waals surface area contributed by atoms with E-state index >= 15 is 0 Å². The number of aldehydes is 1. The van der Waals surface area contributed by atoms with Crippen molar-refractivity contribution in [3.8, 4) is 0 Å². The van der Waals surface area contributed by atoms with Crippen molar-refractivity contribution in [3.05, 3.63) is 0 Å². The van der Waals surface area contributed by atoms with Gasteiger partial charge >= 0.3 is 11.9 Å². The number of hydrogen-bond donors (Lipinski definition) is 5. The molecule has 5 aliphatic rings. The molecule has 0 radical (unpaired) electrons. The standard InChI is InChI=1S/C15H22O5.C6H10O7/c1-8-4-5-11-9(2)12(16)17-13-15(11)10(8)6-7-14(3,18-13)19-20-15;7-1-2(8)3(9)4(10)5(11)6(12)13/h8-11,13H,4-7H2,1-3H3;1-5,8-11H,(H,12,13)/t8-,9-,10+,11+,13-,14+,15-;2-,3+,4-,5-/m10/s1. The van der Waals surface area contributed by atoms with Crippen molar-refractivity contribution in [2.75, 3.05) is 0 Å². The fourth-order valence-corrected chi connectivity index (χ4v) is 5.38. The van der Waals surface area contributed by atoms with Crippen molar-refractivity contribution in [1.29, 1.82) is 0 Å². The van der Waals surface area contributed by atoms with Crippen LogP contribution in [0.25, 0.3) is 0 Å². The van der Waals surface area contributed by atoms with Crippen LogP contribution in [0, 0.1) is 23.7 Å². The highest BCUT2D eigenvalue weighted by Gasteiger charge is 2.70. The van der Waals surface area contributed by atoms with Crippen LogP contribution in [0.2, 0.25) is 0 Å². The molecule has 0 aromatic rings. The van der Waals surface area contributed by atoms with Crippen molar-refractivity contribution in [1.82, 2.24) is 0 Å². The van der Waals surface area contributed by atoms with Crippen LogP contribution >= 0.6 is 0 Å². The Bertz CT molecular complexity index is 760. The van der Waals surface area contributed by atoms with Gasteiger partial charge in [0.25, 0.3) is 0 Å². The van der Waals surface area contributed by atoms with E-state index in [-0.39, 0.29) is 24.1 Å². The Morgan fingerprint density at radius 2 is 1.73 bits per heavy atom. The number of aliphatic carboxylic acids is 1. The van der Waals surface area contributed by atoms with Crippen molar-refractivity contribution in [2.45, 2.75) is 88.5 Å². The third-order valence-corrected chi connectivity index (χ3v) is 7.39. The monoisotopic (exact) mass is 476 g/mol. The van der Waals surface area contributed by atoms with Gasteiger partial charge in [-0.05, 0) is 32.1 Å². The molecule has 2 bridgehead atoms. The summed E-state index contributed by atoms with van der Waals surface area (Å²) in [5, 5.41) is 43.2. The molecule has 4 heterocycles. The highest BCUT2D eigenvalue weighted by atomic mass is 17.3. The van der Waals surface area contributed by atoms with Crippen LogP contribution in [0.3, 0.4) is 0 Å². The minimum Gasteiger partial charge on any atom is -0.479 e. The van der Waals surface area contributed by atoms with Gasteiger partial charge in [-0.3, -0.25) is 4.79 Å². The maximum absolute atomic E-state index is 12.1. The summed E-state index contributed by atoms with van der Waals surface area (Å²) in [5.41, 5.74) is -0.610. The van der Waals surface area contributed by atoms with Gasteiger partial charge in [0.1, 0.15) is 18.3 Å². The SMILES string of the molecule is C[C@@H]1CC[C@H]2[C@@H](C)C(=O)O[C@@H]3O[C@]4(C)CC[C@@H]1[C@]32OO4.O=C[C@H](O)[C@@H](O)[C@H](O)[C@H](O)C(=O)O. The van der Waals surface area contributed by atoms with Crippen molar-refractivity contribution in [2.24, 2.45) is 23.7 Å². The minimum atomic E-state index is -2.25. The molecule has 1 saturated carbocycles. The Kier molecular flexibility index (Phi) is 7.49. The Morgan fingerprint density at radius 1 is 1.06 bits per heavy atom. The Hall–Kier alpha value is -1.67. The van der Waals surface area contributed by atoms with Gasteiger partial charge in [-0.2, -0.15) is 0 Å². The van der Waals surface area contributed by atoms with Gasteiger partial charge in [-0.1, -0.05) is 13.8 Å². The van der Waals surface area contributed by atoms with E-state index in [1.807, 2.05) is 13.8 Å². The maximum Gasteiger partial charge on any atom is 0.335 e. The Balaban J connectivity index is 0.000000207. The highest BCUT2D eigenvalue weighted by Crippen LogP contribution is 2.59. The summed E-state index contributed by atoms with van der Waals surface area (Å²) < 4.78 is 11.6. The molecule has 5 rings (SSSR count). The number of ether oxygens (including phenoxy) is 2. The van der Waals surface area contributed by atoms with E-state index in [4.69, 9.17) is 44.8 Å². The molecule has 0 unspecified atom stereocenters. The normalized spacial score (nSPS) is 42.9. The van der Waals surface area contributed by atoms with E-state index in [1.54, 1.807) is 0 Å². The van der Waals surface area contributed by atoms with Gasteiger partial charge in [-0.15, -0.1) is 0 Å². The van der Waals surface area contributed by atoms with Crippen LogP contribution < -0.4 is 0 Å². The number of aliphatic hydroxyl groups excluding tert-OH is 4. The number of hydrogen-bond acceptors (Lipinski definition) is 11. The topological polar surface area (TPSA) is 189 Å². The molecule has 0 amide bonds. The lowest BCUT2D eigenvalue weighted by Gasteiger charge is -2.57. The number of carboxylic acid groups (broad SMARTS) is 1. The largest absolute Gasteiger partial charge is 0.479 e. The number of rotatable bonds is 5. The molecular weight excluding hydrogens is 444 g/mol. The number of aliphatic hydroxyl groups is 4. The second-order valence-electron chi connectivity index (χ2n) is 9.53. The van der Waals surface area contributed by atoms with E-state index in [1.165, 1.54) is 0 Å². The highest BCUT2D eigenvalue weighted by molar-refractivity contribution is 5.74. The predicted molar refractivity (Wildman–Crippen MR) is 106 cm³/mol. The molecule has 0 aromatic carbocycles. The first kappa shape index (κ1) is 25.9. The van der Waals surface area contributed by atoms with E-state index in [9.17, 15) is 14.4 Å². The lowest BCUT2D eigenvalue weighted by atomic mass is 9.58. The average molecular weight is 476 g/mol. The van der Waals surface area contributed by atoms with Gasteiger partial charge < -0.3 is 39.8 Å². The summed E-state index contributed by atoms with van der Waals surface area (Å²) in [7, 11) is 0. The molecule has 12 heteroatoms. The maximum atomic E-state index is 12.1. The van der Waals surface area contributed by atoms with Crippen LogP contribution in [0.15, 0.2) is 0 Å². The first-order chi connectivity index (χ1) is 15.4. The molecule has 188 valence electrons. The number of carbonyl (C=O) groups excluding carboxylic acids is 2. The van der Waals surface area contributed by atoms with E-state index in [2.05, 4.69) is 6.92 Å². The molecule has 33 heavy (non-hydrogen) atoms. The quantitative estimate of drug-likeness (QED) is 0.187. The fraction of sp³-hybridized carbons (Fsp3) is 0.857. The van der Waals surface area contributed by atoms with Crippen LogP contribution in [0.1, 0.15) is 46.5 Å². The van der Waals surface area contributed by atoms with Crippen molar-refractivity contribution < 1.29 is 59.2 Å². The molecular formula is C21H32O12. The molecule has 4 aliphatic heterocycles. The molecule has 5 N–H and O–H groups in total. The summed E-state index contributed by atoms with van der Waals surface area (Å²) in [5.74, 6) is -1.90. The molecule has 0 aromatic heterocycles. The predicted octanol–water partition coefficient (Wildman–Crippen LogP) is -0.892. The second kappa shape index (κ2) is 9.53. The molecule has 12 nitrogen and oxygen atoms in total. The zero-order valence-corrected chi connectivity index (χ0v) is 18.7. The zero-order valence-electron chi connectivity index (χ0n) is 18.7. The summed E-state index contributed by atoms with van der Waals surface area (Å²) in [6, 6.07) is 0. The van der Waals surface area contributed by atoms with Gasteiger partial charge in [0.15, 0.2) is 18.0 Å². The molecule has 5 fully saturated rings. The lowest BCUT2D eigenvalue weighted by molar-refractivity contribution is -0.559. The van der Waals surface area contributed by atoms with E-state index in [0.717, 1.165) is 25.7 Å².